The molecule has 3 aromatic carbocycles. The Morgan fingerprint density at radius 3 is 2.43 bits per heavy atom. The predicted octanol–water partition coefficient (Wildman–Crippen LogP) is 6.68. The smallest absolute Gasteiger partial charge is 0.234 e. The van der Waals surface area contributed by atoms with Crippen LogP contribution in [0.5, 0.6) is 5.75 Å². The number of carbonyl (C=O) groups is 2. The van der Waals surface area contributed by atoms with E-state index in [-0.39, 0.29) is 17.7 Å². The summed E-state index contributed by atoms with van der Waals surface area (Å²) in [6.07, 6.45) is 10.0. The number of anilines is 6. The second-order valence-corrected chi connectivity index (χ2v) is 21.0. The number of ether oxygens (including phenoxy) is 1. The average molecular weight is 939 g/mol. The normalized spacial score (nSPS) is 18.5. The van der Waals surface area contributed by atoms with Gasteiger partial charge in [0.2, 0.25) is 17.8 Å². The molecule has 2 unspecified atom stereocenters. The molecule has 17 heteroatoms. The Kier molecular flexibility index (Phi) is 13.9. The van der Waals surface area contributed by atoms with Crippen molar-refractivity contribution < 1.29 is 18.9 Å². The van der Waals surface area contributed by atoms with Crippen LogP contribution in [-0.2, 0) is 20.6 Å². The van der Waals surface area contributed by atoms with Gasteiger partial charge in [0, 0.05) is 87.8 Å². The number of nitrogens with zero attached hydrogens (tertiary/aromatic N) is 6. The summed E-state index contributed by atoms with van der Waals surface area (Å²) in [5.41, 5.74) is 7.26. The highest BCUT2D eigenvalue weighted by molar-refractivity contribution is 9.10. The maximum Gasteiger partial charge on any atom is 0.234 e. The molecule has 3 saturated heterocycles. The molecule has 2 amide bonds. The summed E-state index contributed by atoms with van der Waals surface area (Å²) in [6.45, 7) is 12.4. The van der Waals surface area contributed by atoms with Gasteiger partial charge in [0.05, 0.1) is 39.7 Å². The second-order valence-electron chi connectivity index (χ2n) is 17.0. The van der Waals surface area contributed by atoms with E-state index in [1.54, 1.807) is 39.0 Å². The Bertz CT molecular complexity index is 2500. The van der Waals surface area contributed by atoms with Gasteiger partial charge in [-0.1, -0.05) is 19.1 Å². The Morgan fingerprint density at radius 1 is 0.905 bits per heavy atom. The van der Waals surface area contributed by atoms with Gasteiger partial charge in [-0.3, -0.25) is 24.9 Å². The van der Waals surface area contributed by atoms with Crippen molar-refractivity contribution in [3.05, 3.63) is 82.7 Å². The van der Waals surface area contributed by atoms with Gasteiger partial charge in [-0.05, 0) is 115 Å². The fourth-order valence-electron chi connectivity index (χ4n) is 9.05. The van der Waals surface area contributed by atoms with Gasteiger partial charge in [-0.15, -0.1) is 0 Å². The lowest BCUT2D eigenvalue weighted by Crippen LogP contribution is -2.44. The van der Waals surface area contributed by atoms with Gasteiger partial charge in [-0.2, -0.15) is 4.98 Å². The summed E-state index contributed by atoms with van der Waals surface area (Å²) >= 11 is 3.60. The highest BCUT2D eigenvalue weighted by Gasteiger charge is 2.29. The Hall–Kier alpha value is -5.15. The number of fused-ring (bicyclic) bond motifs is 1. The van der Waals surface area contributed by atoms with Crippen molar-refractivity contribution in [2.75, 3.05) is 86.7 Å². The number of aryl methyl sites for hydroxylation is 1. The van der Waals surface area contributed by atoms with Crippen molar-refractivity contribution in [1.29, 1.82) is 0 Å². The number of piperidine rings is 2. The van der Waals surface area contributed by atoms with Gasteiger partial charge in [0.1, 0.15) is 24.2 Å². The van der Waals surface area contributed by atoms with Gasteiger partial charge in [-0.25, -0.2) is 4.98 Å². The minimum absolute atomic E-state index is 0.180. The van der Waals surface area contributed by atoms with Crippen LogP contribution in [0.25, 0.3) is 11.0 Å². The monoisotopic (exact) mass is 937 g/mol. The Labute approximate surface area is 377 Å². The van der Waals surface area contributed by atoms with E-state index in [0.29, 0.717) is 68.8 Å². The molecule has 3 aliphatic heterocycles. The van der Waals surface area contributed by atoms with Crippen molar-refractivity contribution >= 4 is 85.7 Å². The van der Waals surface area contributed by atoms with Crippen LogP contribution in [0.4, 0.5) is 34.5 Å². The van der Waals surface area contributed by atoms with E-state index in [1.165, 1.54) is 16.9 Å². The fraction of sp³-hybridized carbons (Fsp3) is 0.435. The summed E-state index contributed by atoms with van der Waals surface area (Å²) in [5.74, 6) is 1.58. The van der Waals surface area contributed by atoms with E-state index in [4.69, 9.17) is 9.72 Å². The number of amides is 2. The van der Waals surface area contributed by atoms with Gasteiger partial charge < -0.3 is 40.4 Å². The summed E-state index contributed by atoms with van der Waals surface area (Å²) in [6, 6.07) is 16.8. The van der Waals surface area contributed by atoms with Crippen LogP contribution in [0, 0.1) is 5.92 Å². The lowest BCUT2D eigenvalue weighted by atomic mass is 9.90. The third-order valence-electron chi connectivity index (χ3n) is 12.4. The lowest BCUT2D eigenvalue weighted by Gasteiger charge is -2.35. The number of rotatable bonds is 16. The molecule has 0 bridgehead atoms. The predicted molar refractivity (Wildman–Crippen MR) is 255 cm³/mol. The molecule has 0 spiro atoms. The molecule has 0 aliphatic carbocycles. The molecule has 332 valence electrons. The lowest BCUT2D eigenvalue weighted by molar-refractivity contribution is -0.134. The van der Waals surface area contributed by atoms with Crippen LogP contribution in [0.1, 0.15) is 56.1 Å². The summed E-state index contributed by atoms with van der Waals surface area (Å²) in [7, 11) is -1.08. The van der Waals surface area contributed by atoms with E-state index >= 15 is 0 Å². The zero-order chi connectivity index (χ0) is 44.1. The van der Waals surface area contributed by atoms with E-state index in [0.717, 1.165) is 82.7 Å². The molecule has 5 heterocycles. The largest absolute Gasteiger partial charge is 0.494 e. The molecule has 5 N–H and O–H groups in total. The first-order valence-corrected chi connectivity index (χ1v) is 25.3. The second kappa shape index (κ2) is 19.7. The fourth-order valence-corrected chi connectivity index (χ4v) is 10.7. The summed E-state index contributed by atoms with van der Waals surface area (Å²) < 4.78 is 20.1. The van der Waals surface area contributed by atoms with Crippen molar-refractivity contribution in [1.82, 2.24) is 35.9 Å². The SMILES string of the molecule is CCc1cc(Nc2ncc(Br)c(Nc3ccc4nccnc4c3P(C)(C)=O)n2)c(OC)cc1N1CCC(NCCNCC2CCN(c3ccc(C4CCC(=O)NC4=O)cc3)C2)CC1. The Morgan fingerprint density at radius 2 is 1.68 bits per heavy atom. The number of carbonyl (C=O) groups excluding carboxylic acids is 2. The molecule has 63 heavy (non-hydrogen) atoms. The van der Waals surface area contributed by atoms with Crippen molar-refractivity contribution in [2.24, 2.45) is 5.92 Å². The number of halogens is 1. The van der Waals surface area contributed by atoms with Crippen LogP contribution in [-0.4, -0.2) is 104 Å². The number of imide groups is 1. The van der Waals surface area contributed by atoms with E-state index in [9.17, 15) is 14.2 Å². The molecule has 5 aromatic rings. The molecule has 0 saturated carbocycles. The minimum atomic E-state index is -2.77. The van der Waals surface area contributed by atoms with E-state index in [1.807, 2.05) is 24.3 Å². The molecule has 3 fully saturated rings. The first-order chi connectivity index (χ1) is 30.5. The summed E-state index contributed by atoms with van der Waals surface area (Å²) in [5, 5.41) is 17.4. The number of hydrogen-bond donors (Lipinski definition) is 5. The van der Waals surface area contributed by atoms with Crippen LogP contribution >= 0.6 is 23.1 Å². The molecule has 2 aromatic heterocycles. The van der Waals surface area contributed by atoms with Gasteiger partial charge in [0.25, 0.3) is 0 Å². The molecular weight excluding hydrogens is 881 g/mol. The quantitative estimate of drug-likeness (QED) is 0.0402. The molecule has 15 nitrogen and oxygen atoms in total. The van der Waals surface area contributed by atoms with E-state index < -0.39 is 7.14 Å². The third-order valence-corrected chi connectivity index (χ3v) is 14.5. The van der Waals surface area contributed by atoms with E-state index in [2.05, 4.69) is 98.5 Å². The molecule has 2 atom stereocenters. The first-order valence-electron chi connectivity index (χ1n) is 21.9. The summed E-state index contributed by atoms with van der Waals surface area (Å²) in [4.78, 5) is 47.0. The first kappa shape index (κ1) is 44.5. The minimum Gasteiger partial charge on any atom is -0.494 e. The van der Waals surface area contributed by atoms with Gasteiger partial charge >= 0.3 is 0 Å². The Balaban J connectivity index is 0.809. The number of hydrogen-bond acceptors (Lipinski definition) is 14. The zero-order valence-electron chi connectivity index (χ0n) is 36.4. The highest BCUT2D eigenvalue weighted by atomic mass is 79.9. The number of benzene rings is 3. The third kappa shape index (κ3) is 10.5. The standard InChI is InChI=1S/C46H57BrN11O4P/c1-5-30-24-38(54-46-52-27-35(47)44(56-46)53-37-12-11-36-42(51-20-19-50-36)43(37)63(3,4)61)40(62-2)25-39(30)57-22-15-32(16-23-57)49-18-17-48-26-29-14-21-58(28-29)33-8-6-31(7-9-33)34-10-13-41(59)55-45(34)60/h6-9,11-12,19-20,24-25,27,29,32,34,48-49H,5,10,13-18,21-23,26,28H2,1-4H3,(H,55,59,60)(H2,52,53,54,56). The highest BCUT2D eigenvalue weighted by Crippen LogP contribution is 2.42. The van der Waals surface area contributed by atoms with Crippen LogP contribution in [0.3, 0.4) is 0 Å². The van der Waals surface area contributed by atoms with Crippen LogP contribution < -0.4 is 46.4 Å². The number of aromatic nitrogens is 4. The topological polar surface area (TPSA) is 179 Å². The number of nitrogens with one attached hydrogen (secondary N) is 5. The van der Waals surface area contributed by atoms with Crippen molar-refractivity contribution in [3.8, 4) is 5.75 Å². The van der Waals surface area contributed by atoms with Crippen LogP contribution in [0.15, 0.2) is 71.6 Å². The average Bonchev–Trinajstić information content (AvgIpc) is 3.76. The molecular formula is C46H57BrN11O4P. The maximum absolute atomic E-state index is 13.5. The number of methoxy groups -OCH3 is 1. The van der Waals surface area contributed by atoms with Gasteiger partial charge in [0.15, 0.2) is 0 Å². The maximum atomic E-state index is 13.5. The van der Waals surface area contributed by atoms with Crippen molar-refractivity contribution in [2.45, 2.75) is 57.4 Å². The zero-order valence-corrected chi connectivity index (χ0v) is 38.9. The molecule has 3 aliphatic rings. The molecule has 8 rings (SSSR count). The van der Waals surface area contributed by atoms with Crippen molar-refractivity contribution in [3.63, 3.8) is 0 Å². The van der Waals surface area contributed by atoms with Crippen LogP contribution in [0.2, 0.25) is 0 Å². The molecule has 0 radical (unpaired) electrons.